The topological polar surface area (TPSA) is 99.1 Å². The smallest absolute Gasteiger partial charge is 0.264 e. The van der Waals surface area contributed by atoms with Crippen molar-refractivity contribution in [2.75, 3.05) is 45.2 Å². The lowest BCUT2D eigenvalue weighted by molar-refractivity contribution is 0.0300. The number of carbonyl (C=O) groups is 1. The van der Waals surface area contributed by atoms with Crippen molar-refractivity contribution >= 4 is 21.6 Å². The van der Waals surface area contributed by atoms with Gasteiger partial charge in [0.2, 0.25) is 0 Å². The molecule has 3 rings (SSSR count). The first-order valence-corrected chi connectivity index (χ1v) is 11.0. The summed E-state index contributed by atoms with van der Waals surface area (Å²) in [4.78, 5) is 14.8. The Bertz CT molecular complexity index is 1050. The molecule has 0 spiro atoms. The van der Waals surface area contributed by atoms with Crippen LogP contribution in [0, 0.1) is 13.8 Å². The highest BCUT2D eigenvalue weighted by atomic mass is 32.2. The van der Waals surface area contributed by atoms with Crippen molar-refractivity contribution < 1.29 is 27.4 Å². The number of hydrogen-bond donors (Lipinski definition) is 1. The molecule has 1 aliphatic rings. The van der Waals surface area contributed by atoms with E-state index in [0.29, 0.717) is 54.9 Å². The van der Waals surface area contributed by atoms with E-state index in [1.807, 2.05) is 0 Å². The summed E-state index contributed by atoms with van der Waals surface area (Å²) in [6.45, 7) is 5.15. The number of benzene rings is 1. The number of morpholine rings is 1. The zero-order chi connectivity index (χ0) is 22.1. The summed E-state index contributed by atoms with van der Waals surface area (Å²) in [5, 5.41) is 0. The molecule has 1 aromatic heterocycles. The molecule has 164 valence electrons. The Morgan fingerprint density at radius 2 is 1.70 bits per heavy atom. The molecule has 2 aromatic rings. The number of ether oxygens (including phenoxy) is 3. The molecule has 0 unspecified atom stereocenters. The first kappa shape index (κ1) is 22.0. The molecule has 0 radical (unpaired) electrons. The van der Waals surface area contributed by atoms with E-state index in [-0.39, 0.29) is 16.4 Å². The van der Waals surface area contributed by atoms with Crippen molar-refractivity contribution in [3.8, 4) is 11.5 Å². The molecule has 0 aliphatic carbocycles. The molecule has 30 heavy (non-hydrogen) atoms. The zero-order valence-electron chi connectivity index (χ0n) is 17.8. The molecule has 2 heterocycles. The van der Waals surface area contributed by atoms with Gasteiger partial charge in [0.25, 0.3) is 15.9 Å². The third-order valence-corrected chi connectivity index (χ3v) is 6.88. The largest absolute Gasteiger partial charge is 0.493 e. The average molecular weight is 438 g/mol. The third-order valence-electron chi connectivity index (χ3n) is 5.34. The molecule has 1 saturated heterocycles. The second-order valence-electron chi connectivity index (χ2n) is 7.01. The maximum atomic E-state index is 13.4. The van der Waals surface area contributed by atoms with Gasteiger partial charge in [0.1, 0.15) is 4.90 Å². The predicted octanol–water partition coefficient (Wildman–Crippen LogP) is 1.93. The number of amides is 1. The van der Waals surface area contributed by atoms with Crippen molar-refractivity contribution in [3.63, 3.8) is 0 Å². The summed E-state index contributed by atoms with van der Waals surface area (Å²) in [5.41, 5.74) is 1.57. The Labute approximate surface area is 176 Å². The highest BCUT2D eigenvalue weighted by molar-refractivity contribution is 7.92. The minimum atomic E-state index is -4.05. The maximum Gasteiger partial charge on any atom is 0.264 e. The maximum absolute atomic E-state index is 13.4. The molecular weight excluding hydrogens is 410 g/mol. The zero-order valence-corrected chi connectivity index (χ0v) is 18.6. The van der Waals surface area contributed by atoms with Gasteiger partial charge in [-0.2, -0.15) is 0 Å². The van der Waals surface area contributed by atoms with Gasteiger partial charge >= 0.3 is 0 Å². The molecule has 0 bridgehead atoms. The van der Waals surface area contributed by atoms with Gasteiger partial charge in [-0.25, -0.2) is 8.42 Å². The number of methoxy groups -OCH3 is 2. The Morgan fingerprint density at radius 3 is 2.30 bits per heavy atom. The van der Waals surface area contributed by atoms with Crippen LogP contribution in [-0.4, -0.2) is 64.3 Å². The first-order valence-electron chi connectivity index (χ1n) is 9.49. The average Bonchev–Trinajstić information content (AvgIpc) is 2.98. The number of rotatable bonds is 6. The first-order chi connectivity index (χ1) is 14.2. The van der Waals surface area contributed by atoms with Gasteiger partial charge in [0.05, 0.1) is 38.7 Å². The standard InChI is InChI=1S/C20H27N3O6S/c1-13-18(20(24)23-8-10-29-11-9-23)19(14(2)22(13)3)30(25,26)21-15-6-7-16(27-4)17(12-15)28-5/h6-7,12,21H,8-11H2,1-5H3. The fourth-order valence-electron chi connectivity index (χ4n) is 3.53. The second-order valence-corrected chi connectivity index (χ2v) is 8.63. The molecule has 1 amide bonds. The fraction of sp³-hybridized carbons (Fsp3) is 0.450. The van der Waals surface area contributed by atoms with E-state index < -0.39 is 10.0 Å². The van der Waals surface area contributed by atoms with Crippen molar-refractivity contribution in [1.82, 2.24) is 9.47 Å². The van der Waals surface area contributed by atoms with E-state index >= 15 is 0 Å². The van der Waals surface area contributed by atoms with Crippen LogP contribution in [0.5, 0.6) is 11.5 Å². The molecule has 9 nitrogen and oxygen atoms in total. The van der Waals surface area contributed by atoms with Gasteiger partial charge in [0.15, 0.2) is 11.5 Å². The van der Waals surface area contributed by atoms with Gasteiger partial charge in [-0.15, -0.1) is 0 Å². The summed E-state index contributed by atoms with van der Waals surface area (Å²) in [7, 11) is 0.669. The number of carbonyl (C=O) groups excluding carboxylic acids is 1. The Morgan fingerprint density at radius 1 is 1.07 bits per heavy atom. The van der Waals surface area contributed by atoms with Crippen molar-refractivity contribution in [2.45, 2.75) is 18.7 Å². The van der Waals surface area contributed by atoms with Crippen LogP contribution in [0.3, 0.4) is 0 Å². The minimum Gasteiger partial charge on any atom is -0.493 e. The summed E-state index contributed by atoms with van der Waals surface area (Å²) in [5.74, 6) is 0.561. The van der Waals surface area contributed by atoms with E-state index in [9.17, 15) is 13.2 Å². The number of nitrogens with zero attached hydrogens (tertiary/aromatic N) is 2. The summed E-state index contributed by atoms with van der Waals surface area (Å²) in [6, 6.07) is 4.72. The highest BCUT2D eigenvalue weighted by Crippen LogP contribution is 2.33. The third kappa shape index (κ3) is 3.97. The lowest BCUT2D eigenvalue weighted by Crippen LogP contribution is -2.41. The van der Waals surface area contributed by atoms with Crippen LogP contribution in [0.4, 0.5) is 5.69 Å². The highest BCUT2D eigenvalue weighted by Gasteiger charge is 2.33. The van der Waals surface area contributed by atoms with E-state index in [0.717, 1.165) is 0 Å². The van der Waals surface area contributed by atoms with Gasteiger partial charge < -0.3 is 23.7 Å². The number of anilines is 1. The van der Waals surface area contributed by atoms with Crippen LogP contribution in [0.25, 0.3) is 0 Å². The van der Waals surface area contributed by atoms with Gasteiger partial charge in [-0.3, -0.25) is 9.52 Å². The van der Waals surface area contributed by atoms with E-state index in [2.05, 4.69) is 4.72 Å². The summed E-state index contributed by atoms with van der Waals surface area (Å²) >= 11 is 0. The Balaban J connectivity index is 2.03. The lowest BCUT2D eigenvalue weighted by atomic mass is 10.2. The molecule has 1 N–H and O–H groups in total. The summed E-state index contributed by atoms with van der Waals surface area (Å²) < 4.78 is 46.8. The number of sulfonamides is 1. The number of aromatic nitrogens is 1. The molecule has 1 aromatic carbocycles. The van der Waals surface area contributed by atoms with Gasteiger partial charge in [0, 0.05) is 37.6 Å². The summed E-state index contributed by atoms with van der Waals surface area (Å²) in [6.07, 6.45) is 0. The lowest BCUT2D eigenvalue weighted by Gasteiger charge is -2.27. The minimum absolute atomic E-state index is 0.0197. The normalized spacial score (nSPS) is 14.5. The van der Waals surface area contributed by atoms with E-state index in [1.54, 1.807) is 42.5 Å². The van der Waals surface area contributed by atoms with Crippen molar-refractivity contribution in [2.24, 2.45) is 7.05 Å². The van der Waals surface area contributed by atoms with E-state index in [4.69, 9.17) is 14.2 Å². The SMILES string of the molecule is COc1ccc(NS(=O)(=O)c2c(C(=O)N3CCOCC3)c(C)n(C)c2C)cc1OC. The molecule has 1 aliphatic heterocycles. The number of nitrogens with one attached hydrogen (secondary N) is 1. The molecule has 10 heteroatoms. The van der Waals surface area contributed by atoms with Gasteiger partial charge in [-0.1, -0.05) is 0 Å². The fourth-order valence-corrected chi connectivity index (χ4v) is 5.10. The number of hydrogen-bond acceptors (Lipinski definition) is 6. The van der Waals surface area contributed by atoms with Crippen LogP contribution in [0.1, 0.15) is 21.7 Å². The second kappa shape index (κ2) is 8.57. The van der Waals surface area contributed by atoms with Crippen LogP contribution in [0.2, 0.25) is 0 Å². The molecular formula is C20H27N3O6S. The van der Waals surface area contributed by atoms with Crippen LogP contribution >= 0.6 is 0 Å². The van der Waals surface area contributed by atoms with Crippen molar-refractivity contribution in [1.29, 1.82) is 0 Å². The molecule has 0 saturated carbocycles. The predicted molar refractivity (Wildman–Crippen MR) is 112 cm³/mol. The van der Waals surface area contributed by atoms with Crippen molar-refractivity contribution in [3.05, 3.63) is 35.2 Å². The molecule has 0 atom stereocenters. The van der Waals surface area contributed by atoms with Crippen LogP contribution in [-0.2, 0) is 21.8 Å². The van der Waals surface area contributed by atoms with Gasteiger partial charge in [-0.05, 0) is 26.0 Å². The Kier molecular flexibility index (Phi) is 6.27. The van der Waals surface area contributed by atoms with E-state index in [1.165, 1.54) is 20.3 Å². The van der Waals surface area contributed by atoms with Crippen LogP contribution < -0.4 is 14.2 Å². The Hall–Kier alpha value is -2.72. The molecule has 1 fully saturated rings. The monoisotopic (exact) mass is 437 g/mol. The quantitative estimate of drug-likeness (QED) is 0.742. The van der Waals surface area contributed by atoms with Crippen LogP contribution in [0.15, 0.2) is 23.1 Å².